The van der Waals surface area contributed by atoms with E-state index in [1.807, 2.05) is 11.7 Å². The molecule has 1 fully saturated rings. The summed E-state index contributed by atoms with van der Waals surface area (Å²) in [5.41, 5.74) is 7.66. The first-order chi connectivity index (χ1) is 7.31. The molecule has 1 aliphatic rings. The van der Waals surface area contributed by atoms with Gasteiger partial charge in [0.2, 0.25) is 0 Å². The molecule has 0 radical (unpaired) electrons. The average molecular weight is 225 g/mol. The van der Waals surface area contributed by atoms with Crippen molar-refractivity contribution in [2.24, 2.45) is 11.7 Å². The van der Waals surface area contributed by atoms with Crippen molar-refractivity contribution in [2.45, 2.75) is 25.8 Å². The van der Waals surface area contributed by atoms with Crippen molar-refractivity contribution in [3.8, 4) is 0 Å². The molecule has 0 aromatic carbocycles. The molecular weight excluding hydrogens is 206 g/mol. The van der Waals surface area contributed by atoms with Crippen LogP contribution in [0.5, 0.6) is 0 Å². The van der Waals surface area contributed by atoms with Crippen LogP contribution in [0.1, 0.15) is 30.7 Å². The van der Waals surface area contributed by atoms with Crippen LogP contribution in [0.15, 0.2) is 11.7 Å². The Kier molecular flexibility index (Phi) is 3.72. The van der Waals surface area contributed by atoms with Crippen LogP contribution in [0.2, 0.25) is 0 Å². The summed E-state index contributed by atoms with van der Waals surface area (Å²) in [7, 11) is 0. The van der Waals surface area contributed by atoms with Crippen LogP contribution in [-0.2, 0) is 0 Å². The summed E-state index contributed by atoms with van der Waals surface area (Å²) in [5.74, 6) is 0.689. The Morgan fingerprint density at radius 2 is 2.60 bits per heavy atom. The van der Waals surface area contributed by atoms with E-state index < -0.39 is 0 Å². The predicted molar refractivity (Wildman–Crippen MR) is 63.9 cm³/mol. The lowest BCUT2D eigenvalue weighted by Gasteiger charge is -2.35. The quantitative estimate of drug-likeness (QED) is 0.854. The second-order valence-electron chi connectivity index (χ2n) is 4.32. The maximum Gasteiger partial charge on any atom is 0.0794 e. The van der Waals surface area contributed by atoms with E-state index in [-0.39, 0.29) is 0 Å². The molecule has 0 bridgehead atoms. The third-order valence-electron chi connectivity index (χ3n) is 3.29. The fourth-order valence-electron chi connectivity index (χ4n) is 2.25. The van der Waals surface area contributed by atoms with Crippen LogP contribution < -0.4 is 5.73 Å². The second kappa shape index (κ2) is 5.05. The first-order valence-electron chi connectivity index (χ1n) is 5.63. The Labute approximate surface area is 95.3 Å². The minimum absolute atomic E-state index is 0.506. The third kappa shape index (κ3) is 2.56. The fraction of sp³-hybridized carbons (Fsp3) is 0.727. The number of nitrogens with two attached hydrogens (primary N) is 1. The maximum absolute atomic E-state index is 5.75. The van der Waals surface area contributed by atoms with Gasteiger partial charge in [0.15, 0.2) is 0 Å². The highest BCUT2D eigenvalue weighted by Crippen LogP contribution is 2.27. The van der Waals surface area contributed by atoms with E-state index in [2.05, 4.69) is 16.8 Å². The highest BCUT2D eigenvalue weighted by Gasteiger charge is 2.23. The summed E-state index contributed by atoms with van der Waals surface area (Å²) in [5, 5.41) is 0. The number of likely N-dealkylation sites (tertiary alicyclic amines) is 1. The standard InChI is InChI=1S/C11H19N3S/c1-9(11-6-13-8-15-11)14-4-2-3-10(5-12)7-14/h6,8-10H,2-5,7,12H2,1H3. The molecule has 2 unspecified atom stereocenters. The second-order valence-corrected chi connectivity index (χ2v) is 5.24. The van der Waals surface area contributed by atoms with Crippen molar-refractivity contribution in [1.82, 2.24) is 9.88 Å². The molecular formula is C11H19N3S. The third-order valence-corrected chi connectivity index (χ3v) is 4.24. The Balaban J connectivity index is 1.98. The summed E-state index contributed by atoms with van der Waals surface area (Å²) in [6, 6.07) is 0.506. The molecule has 2 rings (SSSR count). The van der Waals surface area contributed by atoms with Crippen molar-refractivity contribution in [3.63, 3.8) is 0 Å². The van der Waals surface area contributed by atoms with Crippen LogP contribution in [0.4, 0.5) is 0 Å². The summed E-state index contributed by atoms with van der Waals surface area (Å²) < 4.78 is 0. The average Bonchev–Trinajstić information content (AvgIpc) is 2.81. The van der Waals surface area contributed by atoms with E-state index in [0.29, 0.717) is 12.0 Å². The number of piperidine rings is 1. The van der Waals surface area contributed by atoms with Gasteiger partial charge >= 0.3 is 0 Å². The number of hydrogen-bond acceptors (Lipinski definition) is 4. The van der Waals surface area contributed by atoms with Crippen LogP contribution in [0.3, 0.4) is 0 Å². The predicted octanol–water partition coefficient (Wildman–Crippen LogP) is 1.87. The van der Waals surface area contributed by atoms with Crippen molar-refractivity contribution >= 4 is 11.3 Å². The first kappa shape index (κ1) is 11.0. The normalized spacial score (nSPS) is 25.3. The van der Waals surface area contributed by atoms with Crippen molar-refractivity contribution in [2.75, 3.05) is 19.6 Å². The summed E-state index contributed by atoms with van der Waals surface area (Å²) in [6.07, 6.45) is 4.56. The Morgan fingerprint density at radius 3 is 3.27 bits per heavy atom. The number of rotatable bonds is 3. The molecule has 3 nitrogen and oxygen atoms in total. The van der Waals surface area contributed by atoms with Crippen molar-refractivity contribution in [1.29, 1.82) is 0 Å². The molecule has 2 heterocycles. The van der Waals surface area contributed by atoms with E-state index >= 15 is 0 Å². The summed E-state index contributed by atoms with van der Waals surface area (Å²) in [4.78, 5) is 8.05. The highest BCUT2D eigenvalue weighted by atomic mass is 32.1. The van der Waals surface area contributed by atoms with E-state index in [0.717, 1.165) is 13.1 Å². The van der Waals surface area contributed by atoms with Crippen LogP contribution in [0, 0.1) is 5.92 Å². The van der Waals surface area contributed by atoms with Gasteiger partial charge in [0.05, 0.1) is 5.51 Å². The van der Waals surface area contributed by atoms with Gasteiger partial charge in [0.25, 0.3) is 0 Å². The lowest BCUT2D eigenvalue weighted by atomic mass is 9.97. The molecule has 0 aliphatic carbocycles. The van der Waals surface area contributed by atoms with Gasteiger partial charge in [-0.2, -0.15) is 0 Å². The van der Waals surface area contributed by atoms with E-state index in [9.17, 15) is 0 Å². The van der Waals surface area contributed by atoms with Crippen LogP contribution >= 0.6 is 11.3 Å². The van der Waals surface area contributed by atoms with Crippen molar-refractivity contribution < 1.29 is 0 Å². The smallest absolute Gasteiger partial charge is 0.0794 e. The van der Waals surface area contributed by atoms with Crippen LogP contribution in [-0.4, -0.2) is 29.5 Å². The molecule has 0 amide bonds. The number of thiazole rings is 1. The SMILES string of the molecule is CC(c1cncs1)N1CCCC(CN)C1. The molecule has 15 heavy (non-hydrogen) atoms. The Morgan fingerprint density at radius 1 is 1.73 bits per heavy atom. The summed E-state index contributed by atoms with van der Waals surface area (Å²) in [6.45, 7) is 5.45. The van der Waals surface area contributed by atoms with Gasteiger partial charge in [-0.3, -0.25) is 9.88 Å². The van der Waals surface area contributed by atoms with Gasteiger partial charge in [0.1, 0.15) is 0 Å². The maximum atomic E-state index is 5.75. The number of nitrogens with zero attached hydrogens (tertiary/aromatic N) is 2. The zero-order valence-electron chi connectivity index (χ0n) is 9.22. The van der Waals surface area contributed by atoms with Crippen molar-refractivity contribution in [3.05, 3.63) is 16.6 Å². The van der Waals surface area contributed by atoms with E-state index in [1.165, 1.54) is 24.3 Å². The monoisotopic (exact) mass is 225 g/mol. The molecule has 2 atom stereocenters. The number of aromatic nitrogens is 1. The molecule has 0 saturated carbocycles. The van der Waals surface area contributed by atoms with Gasteiger partial charge in [-0.05, 0) is 38.8 Å². The molecule has 1 aromatic heterocycles. The lowest BCUT2D eigenvalue weighted by molar-refractivity contribution is 0.136. The van der Waals surface area contributed by atoms with Crippen LogP contribution in [0.25, 0.3) is 0 Å². The lowest BCUT2D eigenvalue weighted by Crippen LogP contribution is -2.39. The van der Waals surface area contributed by atoms with Gasteiger partial charge < -0.3 is 5.73 Å². The Bertz CT molecular complexity index is 286. The highest BCUT2D eigenvalue weighted by molar-refractivity contribution is 7.09. The fourth-order valence-corrected chi connectivity index (χ4v) is 2.96. The largest absolute Gasteiger partial charge is 0.330 e. The van der Waals surface area contributed by atoms with Gasteiger partial charge in [0, 0.05) is 23.7 Å². The van der Waals surface area contributed by atoms with E-state index in [4.69, 9.17) is 5.73 Å². The molecule has 0 spiro atoms. The molecule has 1 aliphatic heterocycles. The summed E-state index contributed by atoms with van der Waals surface area (Å²) >= 11 is 1.75. The molecule has 84 valence electrons. The first-order valence-corrected chi connectivity index (χ1v) is 6.51. The molecule has 4 heteroatoms. The molecule has 1 saturated heterocycles. The Hall–Kier alpha value is -0.450. The minimum Gasteiger partial charge on any atom is -0.330 e. The van der Waals surface area contributed by atoms with Gasteiger partial charge in [-0.15, -0.1) is 11.3 Å². The van der Waals surface area contributed by atoms with E-state index in [1.54, 1.807) is 11.3 Å². The zero-order valence-corrected chi connectivity index (χ0v) is 10.0. The topological polar surface area (TPSA) is 42.2 Å². The van der Waals surface area contributed by atoms with Gasteiger partial charge in [-0.25, -0.2) is 0 Å². The molecule has 1 aromatic rings. The number of hydrogen-bond donors (Lipinski definition) is 1. The zero-order chi connectivity index (χ0) is 10.7. The minimum atomic E-state index is 0.506. The van der Waals surface area contributed by atoms with Gasteiger partial charge in [-0.1, -0.05) is 0 Å². The molecule has 2 N–H and O–H groups in total.